The molecule has 1 aromatic carbocycles. The maximum Gasteiger partial charge on any atom is 0.227 e. The molecule has 0 radical (unpaired) electrons. The van der Waals surface area contributed by atoms with Crippen molar-refractivity contribution in [2.75, 3.05) is 5.32 Å². The van der Waals surface area contributed by atoms with Crippen LogP contribution in [0, 0.1) is 17.2 Å². The van der Waals surface area contributed by atoms with Crippen LogP contribution < -0.4 is 5.32 Å². The van der Waals surface area contributed by atoms with Gasteiger partial charge in [0.05, 0.1) is 17.3 Å². The highest BCUT2D eigenvalue weighted by molar-refractivity contribution is 7.15. The number of hydrogen-bond acceptors (Lipinski definition) is 5. The van der Waals surface area contributed by atoms with Gasteiger partial charge in [-0.15, -0.1) is 11.3 Å². The second-order valence-electron chi connectivity index (χ2n) is 6.25. The van der Waals surface area contributed by atoms with Crippen LogP contribution in [0.1, 0.15) is 22.6 Å². The van der Waals surface area contributed by atoms with Gasteiger partial charge in [0.1, 0.15) is 5.01 Å². The van der Waals surface area contributed by atoms with E-state index in [4.69, 9.17) is 10.2 Å². The molecule has 4 rings (SSSR count). The summed E-state index contributed by atoms with van der Waals surface area (Å²) in [5.41, 5.74) is 3.32. The lowest BCUT2D eigenvalue weighted by Gasteiger charge is -2.20. The molecule has 2 aromatic heterocycles. The summed E-state index contributed by atoms with van der Waals surface area (Å²) in [4.78, 5) is 22.7. The molecule has 2 heterocycles. The number of carbonyl (C=O) groups excluding carboxylic acids is 1. The van der Waals surface area contributed by atoms with E-state index in [1.807, 2.05) is 18.3 Å². The number of rotatable bonds is 3. The number of aromatic nitrogens is 2. The van der Waals surface area contributed by atoms with Gasteiger partial charge in [-0.3, -0.25) is 9.78 Å². The van der Waals surface area contributed by atoms with E-state index in [1.54, 1.807) is 41.8 Å². The van der Waals surface area contributed by atoms with Crippen molar-refractivity contribution < 1.29 is 4.79 Å². The summed E-state index contributed by atoms with van der Waals surface area (Å²) in [5, 5.41) is 12.9. The Morgan fingerprint density at radius 3 is 3.04 bits per heavy atom. The number of nitriles is 1. The number of pyridine rings is 1. The summed E-state index contributed by atoms with van der Waals surface area (Å²) in [6.45, 7) is 0. The topological polar surface area (TPSA) is 78.7 Å². The third-order valence-electron chi connectivity index (χ3n) is 4.48. The first-order chi connectivity index (χ1) is 12.7. The molecule has 128 valence electrons. The Bertz CT molecular complexity index is 991. The lowest BCUT2D eigenvalue weighted by molar-refractivity contribution is -0.120. The zero-order valence-electron chi connectivity index (χ0n) is 14.0. The van der Waals surface area contributed by atoms with Gasteiger partial charge in [0.25, 0.3) is 0 Å². The summed E-state index contributed by atoms with van der Waals surface area (Å²) in [6, 6.07) is 13.0. The average Bonchev–Trinajstić information content (AvgIpc) is 3.12. The number of nitrogens with zero attached hydrogens (tertiary/aromatic N) is 3. The van der Waals surface area contributed by atoms with Crippen LogP contribution in [-0.4, -0.2) is 15.9 Å². The van der Waals surface area contributed by atoms with Crippen LogP contribution in [-0.2, 0) is 17.6 Å². The Balaban J connectivity index is 1.48. The van der Waals surface area contributed by atoms with Crippen molar-refractivity contribution >= 4 is 22.9 Å². The Morgan fingerprint density at radius 2 is 2.23 bits per heavy atom. The summed E-state index contributed by atoms with van der Waals surface area (Å²) in [7, 11) is 0. The van der Waals surface area contributed by atoms with Crippen LogP contribution in [0.2, 0.25) is 0 Å². The number of anilines is 1. The first-order valence-electron chi connectivity index (χ1n) is 8.43. The van der Waals surface area contributed by atoms with E-state index in [0.29, 0.717) is 17.7 Å². The predicted octanol–water partition coefficient (Wildman–Crippen LogP) is 3.82. The zero-order chi connectivity index (χ0) is 17.9. The second-order valence-corrected chi connectivity index (χ2v) is 7.34. The number of thiazole rings is 1. The summed E-state index contributed by atoms with van der Waals surface area (Å²) < 4.78 is 0. The first kappa shape index (κ1) is 16.4. The fourth-order valence-electron chi connectivity index (χ4n) is 3.12. The zero-order valence-corrected chi connectivity index (χ0v) is 14.8. The molecule has 1 N–H and O–H groups in total. The maximum absolute atomic E-state index is 12.6. The minimum absolute atomic E-state index is 0.00191. The SMILES string of the molecule is N#Cc1cccc(NC(=O)C2CCc3nc(-c4cccnc4)sc3C2)c1. The Labute approximate surface area is 155 Å². The average molecular weight is 360 g/mol. The molecule has 0 saturated carbocycles. The fourth-order valence-corrected chi connectivity index (χ4v) is 4.30. The molecule has 1 atom stereocenters. The van der Waals surface area contributed by atoms with Crippen LogP contribution in [0.15, 0.2) is 48.8 Å². The molecular formula is C20H16N4OS. The smallest absolute Gasteiger partial charge is 0.227 e. The van der Waals surface area contributed by atoms with E-state index in [9.17, 15) is 4.79 Å². The van der Waals surface area contributed by atoms with Crippen molar-refractivity contribution in [3.8, 4) is 16.6 Å². The summed E-state index contributed by atoms with van der Waals surface area (Å²) >= 11 is 1.65. The molecular weight excluding hydrogens is 344 g/mol. The molecule has 26 heavy (non-hydrogen) atoms. The number of carbonyl (C=O) groups is 1. The number of benzene rings is 1. The van der Waals surface area contributed by atoms with Crippen molar-refractivity contribution in [3.05, 3.63) is 64.9 Å². The van der Waals surface area contributed by atoms with Crippen LogP contribution >= 0.6 is 11.3 Å². The lowest BCUT2D eigenvalue weighted by atomic mass is 9.90. The van der Waals surface area contributed by atoms with Crippen molar-refractivity contribution in [2.24, 2.45) is 5.92 Å². The molecule has 0 spiro atoms. The molecule has 0 aliphatic heterocycles. The van der Waals surface area contributed by atoms with Crippen molar-refractivity contribution in [3.63, 3.8) is 0 Å². The minimum Gasteiger partial charge on any atom is -0.326 e. The normalized spacial score (nSPS) is 15.7. The molecule has 1 aliphatic rings. The van der Waals surface area contributed by atoms with Crippen molar-refractivity contribution in [2.45, 2.75) is 19.3 Å². The highest BCUT2D eigenvalue weighted by atomic mass is 32.1. The van der Waals surface area contributed by atoms with Gasteiger partial charge in [0, 0.05) is 34.4 Å². The van der Waals surface area contributed by atoms with Crippen LogP contribution in [0.3, 0.4) is 0 Å². The molecule has 1 unspecified atom stereocenters. The van der Waals surface area contributed by atoms with E-state index >= 15 is 0 Å². The fraction of sp³-hybridized carbons (Fsp3) is 0.200. The molecule has 6 heteroatoms. The molecule has 3 aromatic rings. The Kier molecular flexibility index (Phi) is 4.46. The van der Waals surface area contributed by atoms with Gasteiger partial charge < -0.3 is 5.32 Å². The molecule has 1 amide bonds. The molecule has 1 aliphatic carbocycles. The maximum atomic E-state index is 12.6. The van der Waals surface area contributed by atoms with E-state index in [2.05, 4.69) is 16.4 Å². The molecule has 5 nitrogen and oxygen atoms in total. The van der Waals surface area contributed by atoms with Crippen LogP contribution in [0.5, 0.6) is 0 Å². The highest BCUT2D eigenvalue weighted by Gasteiger charge is 2.27. The van der Waals surface area contributed by atoms with Crippen LogP contribution in [0.25, 0.3) is 10.6 Å². The monoisotopic (exact) mass is 360 g/mol. The quantitative estimate of drug-likeness (QED) is 0.770. The first-order valence-corrected chi connectivity index (χ1v) is 9.24. The summed E-state index contributed by atoms with van der Waals surface area (Å²) in [6.07, 6.45) is 5.86. The van der Waals surface area contributed by atoms with E-state index < -0.39 is 0 Å². The lowest BCUT2D eigenvalue weighted by Crippen LogP contribution is -2.27. The summed E-state index contributed by atoms with van der Waals surface area (Å²) in [5.74, 6) is -0.0718. The van der Waals surface area contributed by atoms with Crippen molar-refractivity contribution in [1.82, 2.24) is 9.97 Å². The minimum atomic E-state index is -0.0737. The standard InChI is InChI=1S/C20H16N4OS/c21-11-13-3-1-5-16(9-13)23-19(25)14-6-7-17-18(10-14)26-20(24-17)15-4-2-8-22-12-15/h1-5,8-9,12,14H,6-7,10H2,(H,23,25). The van der Waals surface area contributed by atoms with Gasteiger partial charge >= 0.3 is 0 Å². The van der Waals surface area contributed by atoms with Gasteiger partial charge in [-0.1, -0.05) is 6.07 Å². The van der Waals surface area contributed by atoms with E-state index in [1.165, 1.54) is 4.88 Å². The molecule has 0 saturated heterocycles. The Hall–Kier alpha value is -3.04. The van der Waals surface area contributed by atoms with Gasteiger partial charge in [-0.25, -0.2) is 4.98 Å². The predicted molar refractivity (Wildman–Crippen MR) is 101 cm³/mol. The Morgan fingerprint density at radius 1 is 1.31 bits per heavy atom. The number of amides is 1. The number of hydrogen-bond donors (Lipinski definition) is 1. The van der Waals surface area contributed by atoms with Gasteiger partial charge in [-0.2, -0.15) is 5.26 Å². The van der Waals surface area contributed by atoms with Gasteiger partial charge in [-0.05, 0) is 49.6 Å². The van der Waals surface area contributed by atoms with Crippen LogP contribution in [0.4, 0.5) is 5.69 Å². The van der Waals surface area contributed by atoms with Gasteiger partial charge in [0.2, 0.25) is 5.91 Å². The number of aryl methyl sites for hydroxylation is 1. The highest BCUT2D eigenvalue weighted by Crippen LogP contribution is 2.34. The van der Waals surface area contributed by atoms with Crippen molar-refractivity contribution in [1.29, 1.82) is 5.26 Å². The van der Waals surface area contributed by atoms with E-state index in [0.717, 1.165) is 29.1 Å². The molecule has 0 bridgehead atoms. The number of fused-ring (bicyclic) bond motifs is 1. The van der Waals surface area contributed by atoms with E-state index in [-0.39, 0.29) is 11.8 Å². The largest absolute Gasteiger partial charge is 0.326 e. The third-order valence-corrected chi connectivity index (χ3v) is 5.65. The van der Waals surface area contributed by atoms with Gasteiger partial charge in [0.15, 0.2) is 0 Å². The third kappa shape index (κ3) is 3.35. The second kappa shape index (κ2) is 7.06. The number of nitrogens with one attached hydrogen (secondary N) is 1. The molecule has 0 fully saturated rings.